The summed E-state index contributed by atoms with van der Waals surface area (Å²) in [4.78, 5) is 0.752. The number of aryl methyl sites for hydroxylation is 1. The number of benzene rings is 2. The highest BCUT2D eigenvalue weighted by Crippen LogP contribution is 2.18. The van der Waals surface area contributed by atoms with Gasteiger partial charge in [-0.05, 0) is 38.0 Å². The van der Waals surface area contributed by atoms with E-state index in [9.17, 15) is 9.32 Å². The number of aliphatic hydroxyl groups excluding tert-OH is 1. The molecule has 2 aromatic carbocycles. The molecule has 0 aromatic heterocycles. The molecule has 0 aliphatic heterocycles. The lowest BCUT2D eigenvalue weighted by molar-refractivity contribution is 0.158. The first-order valence-corrected chi connectivity index (χ1v) is 8.19. The third kappa shape index (κ3) is 4.77. The second kappa shape index (κ2) is 7.50. The predicted octanol–water partition coefficient (Wildman–Crippen LogP) is 3.12. The van der Waals surface area contributed by atoms with Crippen molar-refractivity contribution in [1.82, 2.24) is 4.72 Å². The van der Waals surface area contributed by atoms with Gasteiger partial charge in [-0.25, -0.2) is 8.93 Å². The van der Waals surface area contributed by atoms with Crippen LogP contribution in [0.2, 0.25) is 0 Å². The fraction of sp³-hybridized carbons (Fsp3) is 0.294. The zero-order valence-corrected chi connectivity index (χ0v) is 13.1. The number of nitrogens with one attached hydrogen (secondary N) is 1. The summed E-state index contributed by atoms with van der Waals surface area (Å²) in [5.41, 5.74) is 2.02. The average molecular weight is 303 g/mol. The van der Waals surface area contributed by atoms with Crippen LogP contribution in [0.3, 0.4) is 0 Å². The van der Waals surface area contributed by atoms with E-state index in [1.165, 1.54) is 0 Å². The summed E-state index contributed by atoms with van der Waals surface area (Å²) in [6.45, 7) is 3.93. The predicted molar refractivity (Wildman–Crippen MR) is 86.2 cm³/mol. The third-order valence-corrected chi connectivity index (χ3v) is 4.62. The third-order valence-electron chi connectivity index (χ3n) is 3.30. The SMILES string of the molecule is Cc1ccc(S(=O)N[C@@H](C)C[C@H](O)c2ccccc2)cc1. The molecule has 0 saturated carbocycles. The second-order valence-electron chi connectivity index (χ2n) is 5.26. The van der Waals surface area contributed by atoms with Crippen LogP contribution in [0, 0.1) is 6.92 Å². The van der Waals surface area contributed by atoms with Crippen LogP contribution in [0.15, 0.2) is 59.5 Å². The first-order chi connectivity index (χ1) is 10.1. The molecule has 2 rings (SSSR count). The summed E-state index contributed by atoms with van der Waals surface area (Å²) in [5.74, 6) is 0. The number of hydrogen-bond acceptors (Lipinski definition) is 2. The van der Waals surface area contributed by atoms with Gasteiger partial charge in [-0.15, -0.1) is 0 Å². The smallest absolute Gasteiger partial charge is 0.125 e. The van der Waals surface area contributed by atoms with Crippen LogP contribution in [-0.4, -0.2) is 15.4 Å². The second-order valence-corrected chi connectivity index (χ2v) is 6.51. The lowest BCUT2D eigenvalue weighted by atomic mass is 10.0. The zero-order chi connectivity index (χ0) is 15.2. The van der Waals surface area contributed by atoms with Crippen LogP contribution >= 0.6 is 0 Å². The fourth-order valence-corrected chi connectivity index (χ4v) is 3.09. The molecule has 0 aliphatic rings. The van der Waals surface area contributed by atoms with Gasteiger partial charge in [-0.3, -0.25) is 0 Å². The van der Waals surface area contributed by atoms with Crippen molar-refractivity contribution >= 4 is 11.0 Å². The maximum Gasteiger partial charge on any atom is 0.125 e. The van der Waals surface area contributed by atoms with Gasteiger partial charge < -0.3 is 5.11 Å². The van der Waals surface area contributed by atoms with Gasteiger partial charge >= 0.3 is 0 Å². The van der Waals surface area contributed by atoms with Gasteiger partial charge in [0.25, 0.3) is 0 Å². The minimum atomic E-state index is -1.26. The number of rotatable bonds is 6. The van der Waals surface area contributed by atoms with Gasteiger partial charge in [-0.1, -0.05) is 48.0 Å². The van der Waals surface area contributed by atoms with Crippen LogP contribution in [0.4, 0.5) is 0 Å². The largest absolute Gasteiger partial charge is 0.388 e. The molecule has 3 atom stereocenters. The van der Waals surface area contributed by atoms with Crippen LogP contribution in [0.5, 0.6) is 0 Å². The Balaban J connectivity index is 1.91. The fourth-order valence-electron chi connectivity index (χ4n) is 2.11. The van der Waals surface area contributed by atoms with E-state index in [1.54, 1.807) is 0 Å². The molecule has 112 valence electrons. The molecular weight excluding hydrogens is 282 g/mol. The lowest BCUT2D eigenvalue weighted by Gasteiger charge is -2.17. The summed E-state index contributed by atoms with van der Waals surface area (Å²) >= 11 is 0. The van der Waals surface area contributed by atoms with Crippen LogP contribution < -0.4 is 4.72 Å². The first kappa shape index (κ1) is 15.9. The van der Waals surface area contributed by atoms with E-state index >= 15 is 0 Å². The van der Waals surface area contributed by atoms with E-state index in [1.807, 2.05) is 68.4 Å². The van der Waals surface area contributed by atoms with Crippen LogP contribution in [-0.2, 0) is 11.0 Å². The molecule has 0 fully saturated rings. The van der Waals surface area contributed by atoms with E-state index in [0.717, 1.165) is 16.0 Å². The van der Waals surface area contributed by atoms with Gasteiger partial charge in [0, 0.05) is 6.04 Å². The van der Waals surface area contributed by atoms with Crippen molar-refractivity contribution < 1.29 is 9.32 Å². The molecule has 2 N–H and O–H groups in total. The number of aliphatic hydroxyl groups is 1. The molecule has 0 spiro atoms. The topological polar surface area (TPSA) is 49.3 Å². The van der Waals surface area contributed by atoms with E-state index in [-0.39, 0.29) is 6.04 Å². The highest BCUT2D eigenvalue weighted by atomic mass is 32.2. The van der Waals surface area contributed by atoms with Gasteiger partial charge in [0.2, 0.25) is 0 Å². The van der Waals surface area contributed by atoms with Gasteiger partial charge in [0.15, 0.2) is 0 Å². The minimum absolute atomic E-state index is 0.0534. The summed E-state index contributed by atoms with van der Waals surface area (Å²) in [5, 5.41) is 10.2. The molecule has 0 saturated heterocycles. The Kier molecular flexibility index (Phi) is 5.67. The molecule has 4 heteroatoms. The van der Waals surface area contributed by atoms with Crippen molar-refractivity contribution in [2.24, 2.45) is 0 Å². The Morgan fingerprint density at radius 1 is 1.10 bits per heavy atom. The lowest BCUT2D eigenvalue weighted by Crippen LogP contribution is -2.29. The van der Waals surface area contributed by atoms with Crippen molar-refractivity contribution in [3.05, 3.63) is 65.7 Å². The molecule has 0 aliphatic carbocycles. The standard InChI is InChI=1S/C17H21NO2S/c1-13-8-10-16(11-9-13)21(20)18-14(2)12-17(19)15-6-4-3-5-7-15/h3-11,14,17-19H,12H2,1-2H3/t14-,17-,21?/m0/s1. The van der Waals surface area contributed by atoms with E-state index < -0.39 is 17.1 Å². The maximum atomic E-state index is 12.2. The Bertz CT molecular complexity index is 583. The van der Waals surface area contributed by atoms with E-state index in [0.29, 0.717) is 6.42 Å². The molecular formula is C17H21NO2S. The molecule has 1 unspecified atom stereocenters. The normalized spacial score (nSPS) is 15.4. The van der Waals surface area contributed by atoms with Crippen molar-refractivity contribution in [2.45, 2.75) is 37.3 Å². The first-order valence-electron chi connectivity index (χ1n) is 7.04. The summed E-state index contributed by atoms with van der Waals surface area (Å²) in [7, 11) is -1.26. The van der Waals surface area contributed by atoms with Gasteiger partial charge in [0.05, 0.1) is 11.0 Å². The van der Waals surface area contributed by atoms with Crippen molar-refractivity contribution in [3.8, 4) is 0 Å². The summed E-state index contributed by atoms with van der Waals surface area (Å²) in [6.07, 6.45) is -0.0366. The Labute approximate surface area is 128 Å². The van der Waals surface area contributed by atoms with Crippen molar-refractivity contribution in [3.63, 3.8) is 0 Å². The molecule has 3 nitrogen and oxygen atoms in total. The van der Waals surface area contributed by atoms with Crippen molar-refractivity contribution in [1.29, 1.82) is 0 Å². The molecule has 0 heterocycles. The van der Waals surface area contributed by atoms with Gasteiger partial charge in [0.1, 0.15) is 11.0 Å². The highest BCUT2D eigenvalue weighted by Gasteiger charge is 2.14. The summed E-state index contributed by atoms with van der Waals surface area (Å²) < 4.78 is 15.2. The average Bonchev–Trinajstić information content (AvgIpc) is 2.48. The van der Waals surface area contributed by atoms with Crippen LogP contribution in [0.1, 0.15) is 30.6 Å². The molecule has 0 amide bonds. The molecule has 0 bridgehead atoms. The Hall–Kier alpha value is -1.49. The maximum absolute atomic E-state index is 12.2. The molecule has 0 radical (unpaired) electrons. The minimum Gasteiger partial charge on any atom is -0.388 e. The van der Waals surface area contributed by atoms with E-state index in [2.05, 4.69) is 4.72 Å². The number of hydrogen-bond donors (Lipinski definition) is 2. The molecule has 2 aromatic rings. The highest BCUT2D eigenvalue weighted by molar-refractivity contribution is 7.83. The van der Waals surface area contributed by atoms with Crippen molar-refractivity contribution in [2.75, 3.05) is 0 Å². The Morgan fingerprint density at radius 2 is 1.71 bits per heavy atom. The van der Waals surface area contributed by atoms with Crippen LogP contribution in [0.25, 0.3) is 0 Å². The Morgan fingerprint density at radius 3 is 2.33 bits per heavy atom. The molecule has 21 heavy (non-hydrogen) atoms. The zero-order valence-electron chi connectivity index (χ0n) is 12.3. The quantitative estimate of drug-likeness (QED) is 0.861. The van der Waals surface area contributed by atoms with Gasteiger partial charge in [-0.2, -0.15) is 0 Å². The monoisotopic (exact) mass is 303 g/mol. The summed E-state index contributed by atoms with van der Waals surface area (Å²) in [6, 6.07) is 17.1. The van der Waals surface area contributed by atoms with E-state index in [4.69, 9.17) is 0 Å².